The molecule has 0 amide bonds. The van der Waals surface area contributed by atoms with Crippen LogP contribution in [0, 0.1) is 0 Å². The van der Waals surface area contributed by atoms with Crippen molar-refractivity contribution in [3.63, 3.8) is 0 Å². The highest BCUT2D eigenvalue weighted by molar-refractivity contribution is 5.92. The summed E-state index contributed by atoms with van der Waals surface area (Å²) < 4.78 is 0. The normalized spacial score (nSPS) is 12.4. The van der Waals surface area contributed by atoms with Gasteiger partial charge in [-0.25, -0.2) is 0 Å². The SMILES string of the molecule is CCCCc1c2c(nc3ccccc13)Cc1ccccc1-2. The van der Waals surface area contributed by atoms with Gasteiger partial charge in [0.05, 0.1) is 11.2 Å². The number of aromatic nitrogens is 1. The Labute approximate surface area is 125 Å². The summed E-state index contributed by atoms with van der Waals surface area (Å²) in [6.07, 6.45) is 4.60. The molecule has 0 aliphatic heterocycles. The molecule has 1 aliphatic rings. The number of pyridine rings is 1. The van der Waals surface area contributed by atoms with Gasteiger partial charge in [0.15, 0.2) is 0 Å². The molecule has 0 unspecified atom stereocenters. The topological polar surface area (TPSA) is 12.9 Å². The van der Waals surface area contributed by atoms with Gasteiger partial charge in [0, 0.05) is 17.4 Å². The molecule has 0 N–H and O–H groups in total. The highest BCUT2D eigenvalue weighted by atomic mass is 14.7. The zero-order valence-electron chi connectivity index (χ0n) is 12.4. The fraction of sp³-hybridized carbons (Fsp3) is 0.250. The lowest BCUT2D eigenvalue weighted by atomic mass is 9.94. The van der Waals surface area contributed by atoms with Crippen molar-refractivity contribution in [1.29, 1.82) is 0 Å². The number of aryl methyl sites for hydroxylation is 1. The molecular weight excluding hydrogens is 254 g/mol. The smallest absolute Gasteiger partial charge is 0.0708 e. The van der Waals surface area contributed by atoms with Crippen molar-refractivity contribution in [2.24, 2.45) is 0 Å². The van der Waals surface area contributed by atoms with Crippen LogP contribution in [-0.2, 0) is 12.8 Å². The third kappa shape index (κ3) is 1.96. The summed E-state index contributed by atoms with van der Waals surface area (Å²) in [5, 5.41) is 1.33. The van der Waals surface area contributed by atoms with Crippen LogP contribution in [0.4, 0.5) is 0 Å². The Hall–Kier alpha value is -2.15. The standard InChI is InChI=1S/C20H19N/c1-2-3-9-17-16-11-6-7-12-18(16)21-19-13-14-8-4-5-10-15(14)20(17)19/h4-8,10-12H,2-3,9,13H2,1H3. The number of rotatable bonds is 3. The van der Waals surface area contributed by atoms with E-state index >= 15 is 0 Å². The lowest BCUT2D eigenvalue weighted by Gasteiger charge is -2.13. The number of fused-ring (bicyclic) bond motifs is 4. The molecule has 0 saturated heterocycles. The zero-order valence-corrected chi connectivity index (χ0v) is 12.4. The van der Waals surface area contributed by atoms with Gasteiger partial charge in [-0.15, -0.1) is 0 Å². The van der Waals surface area contributed by atoms with Crippen molar-refractivity contribution in [2.45, 2.75) is 32.6 Å². The van der Waals surface area contributed by atoms with Crippen LogP contribution in [0.3, 0.4) is 0 Å². The van der Waals surface area contributed by atoms with Gasteiger partial charge in [-0.3, -0.25) is 4.98 Å². The fourth-order valence-corrected chi connectivity index (χ4v) is 3.49. The number of unbranched alkanes of at least 4 members (excludes halogenated alkanes) is 1. The Morgan fingerprint density at radius 3 is 2.71 bits per heavy atom. The number of benzene rings is 2. The van der Waals surface area contributed by atoms with E-state index < -0.39 is 0 Å². The van der Waals surface area contributed by atoms with E-state index in [2.05, 4.69) is 55.5 Å². The van der Waals surface area contributed by atoms with Crippen molar-refractivity contribution in [3.05, 3.63) is 65.4 Å². The quantitative estimate of drug-likeness (QED) is 0.503. The Kier molecular flexibility index (Phi) is 2.99. The molecule has 104 valence electrons. The van der Waals surface area contributed by atoms with Gasteiger partial charge in [0.2, 0.25) is 0 Å². The molecule has 2 aromatic carbocycles. The Balaban J connectivity index is 2.02. The van der Waals surface area contributed by atoms with Crippen molar-refractivity contribution < 1.29 is 0 Å². The van der Waals surface area contributed by atoms with Crippen molar-refractivity contribution in [3.8, 4) is 11.1 Å². The molecule has 0 atom stereocenters. The van der Waals surface area contributed by atoms with E-state index in [0.717, 1.165) is 18.4 Å². The molecule has 0 bridgehead atoms. The average Bonchev–Trinajstić information content (AvgIpc) is 2.89. The summed E-state index contributed by atoms with van der Waals surface area (Å²) in [7, 11) is 0. The van der Waals surface area contributed by atoms with Gasteiger partial charge in [-0.1, -0.05) is 55.8 Å². The fourth-order valence-electron chi connectivity index (χ4n) is 3.49. The second kappa shape index (κ2) is 5.00. The van der Waals surface area contributed by atoms with E-state index in [-0.39, 0.29) is 0 Å². The second-order valence-corrected chi connectivity index (χ2v) is 5.87. The highest BCUT2D eigenvalue weighted by Gasteiger charge is 2.23. The van der Waals surface area contributed by atoms with Crippen molar-refractivity contribution in [2.75, 3.05) is 0 Å². The summed E-state index contributed by atoms with van der Waals surface area (Å²) in [6.45, 7) is 2.26. The molecule has 4 rings (SSSR count). The zero-order chi connectivity index (χ0) is 14.2. The third-order valence-electron chi connectivity index (χ3n) is 4.50. The maximum absolute atomic E-state index is 4.94. The minimum absolute atomic E-state index is 0.982. The number of hydrogen-bond acceptors (Lipinski definition) is 1. The molecule has 1 heterocycles. The summed E-state index contributed by atoms with van der Waals surface area (Å²) in [5.74, 6) is 0. The molecule has 3 aromatic rings. The Morgan fingerprint density at radius 2 is 1.81 bits per heavy atom. The summed E-state index contributed by atoms with van der Waals surface area (Å²) >= 11 is 0. The van der Waals surface area contributed by atoms with Gasteiger partial charge >= 0.3 is 0 Å². The molecule has 1 aliphatic carbocycles. The van der Waals surface area contributed by atoms with Gasteiger partial charge in [0.1, 0.15) is 0 Å². The monoisotopic (exact) mass is 273 g/mol. The number of para-hydroxylation sites is 1. The number of hydrogen-bond donors (Lipinski definition) is 0. The minimum atomic E-state index is 0.982. The maximum Gasteiger partial charge on any atom is 0.0708 e. The summed E-state index contributed by atoms with van der Waals surface area (Å²) in [4.78, 5) is 4.94. The van der Waals surface area contributed by atoms with Crippen LogP contribution >= 0.6 is 0 Å². The number of nitrogens with zero attached hydrogens (tertiary/aromatic N) is 1. The first-order chi connectivity index (χ1) is 10.4. The largest absolute Gasteiger partial charge is 0.252 e. The molecule has 0 spiro atoms. The molecule has 1 aromatic heterocycles. The van der Waals surface area contributed by atoms with Crippen LogP contribution in [0.15, 0.2) is 48.5 Å². The van der Waals surface area contributed by atoms with Gasteiger partial charge < -0.3 is 0 Å². The lowest BCUT2D eigenvalue weighted by molar-refractivity contribution is 0.799. The van der Waals surface area contributed by atoms with Crippen LogP contribution in [0.1, 0.15) is 36.6 Å². The summed E-state index contributed by atoms with van der Waals surface area (Å²) in [5.41, 5.74) is 8.15. The van der Waals surface area contributed by atoms with E-state index in [0.29, 0.717) is 0 Å². The van der Waals surface area contributed by atoms with E-state index in [4.69, 9.17) is 4.98 Å². The van der Waals surface area contributed by atoms with Crippen LogP contribution in [0.5, 0.6) is 0 Å². The molecule has 1 nitrogen and oxygen atoms in total. The average molecular weight is 273 g/mol. The third-order valence-corrected chi connectivity index (χ3v) is 4.50. The Bertz CT molecular complexity index is 817. The molecular formula is C20H19N. The highest BCUT2D eigenvalue weighted by Crippen LogP contribution is 2.41. The first-order valence-electron chi connectivity index (χ1n) is 7.87. The summed E-state index contributed by atoms with van der Waals surface area (Å²) in [6, 6.07) is 17.4. The molecule has 0 saturated carbocycles. The minimum Gasteiger partial charge on any atom is -0.252 e. The predicted molar refractivity (Wildman–Crippen MR) is 88.6 cm³/mol. The van der Waals surface area contributed by atoms with Gasteiger partial charge in [-0.05, 0) is 35.6 Å². The van der Waals surface area contributed by atoms with Crippen LogP contribution in [0.25, 0.3) is 22.0 Å². The van der Waals surface area contributed by atoms with Gasteiger partial charge in [-0.2, -0.15) is 0 Å². The van der Waals surface area contributed by atoms with E-state index in [1.54, 1.807) is 0 Å². The first kappa shape index (κ1) is 12.6. The molecule has 21 heavy (non-hydrogen) atoms. The molecule has 0 fully saturated rings. The van der Waals surface area contributed by atoms with Crippen molar-refractivity contribution in [1.82, 2.24) is 4.98 Å². The van der Waals surface area contributed by atoms with Crippen LogP contribution in [0.2, 0.25) is 0 Å². The first-order valence-corrected chi connectivity index (χ1v) is 7.87. The molecule has 0 radical (unpaired) electrons. The van der Waals surface area contributed by atoms with Crippen molar-refractivity contribution >= 4 is 10.9 Å². The van der Waals surface area contributed by atoms with Gasteiger partial charge in [0.25, 0.3) is 0 Å². The van der Waals surface area contributed by atoms with E-state index in [1.807, 2.05) is 0 Å². The van der Waals surface area contributed by atoms with Crippen LogP contribution < -0.4 is 0 Å². The van der Waals surface area contributed by atoms with E-state index in [1.165, 1.54) is 46.2 Å². The lowest BCUT2D eigenvalue weighted by Crippen LogP contribution is -1.97. The van der Waals surface area contributed by atoms with Crippen LogP contribution in [-0.4, -0.2) is 4.98 Å². The van der Waals surface area contributed by atoms with E-state index in [9.17, 15) is 0 Å². The second-order valence-electron chi connectivity index (χ2n) is 5.87. The predicted octanol–water partition coefficient (Wildman–Crippen LogP) is 5.15. The Morgan fingerprint density at radius 1 is 1.00 bits per heavy atom. The molecule has 1 heteroatoms. The maximum atomic E-state index is 4.94.